The smallest absolute Gasteiger partial charge is 0.219 e. The molecule has 4 nitrogen and oxygen atoms in total. The van der Waals surface area contributed by atoms with Crippen molar-refractivity contribution >= 4 is 17.3 Å². The first kappa shape index (κ1) is 14.6. The van der Waals surface area contributed by atoms with E-state index >= 15 is 0 Å². The summed E-state index contributed by atoms with van der Waals surface area (Å²) in [5.41, 5.74) is 1.85. The van der Waals surface area contributed by atoms with Crippen molar-refractivity contribution in [2.45, 2.75) is 6.54 Å². The number of hydrogen-bond donors (Lipinski definition) is 1. The van der Waals surface area contributed by atoms with E-state index in [0.717, 1.165) is 17.1 Å². The molecule has 0 aliphatic rings. The molecular weight excluding hydrogens is 274 g/mol. The van der Waals surface area contributed by atoms with Gasteiger partial charge in [-0.25, -0.2) is 4.98 Å². The van der Waals surface area contributed by atoms with E-state index in [2.05, 4.69) is 10.3 Å². The third kappa shape index (κ3) is 3.62. The molecule has 2 rings (SSSR count). The maximum atomic E-state index is 6.08. The van der Waals surface area contributed by atoms with Gasteiger partial charge in [0, 0.05) is 38.5 Å². The average molecular weight is 292 g/mol. The Hall–Kier alpha value is -1.78. The predicted molar refractivity (Wildman–Crippen MR) is 82.9 cm³/mol. The number of hydrogen-bond acceptors (Lipinski definition) is 4. The SMILES string of the molecule is CNCc1nc(Oc2cccc(N(C)C)c2)ccc1Cl. The van der Waals surface area contributed by atoms with Crippen LogP contribution in [0.5, 0.6) is 11.6 Å². The molecule has 0 spiro atoms. The number of pyridine rings is 1. The molecule has 2 aromatic rings. The zero-order valence-corrected chi connectivity index (χ0v) is 12.6. The lowest BCUT2D eigenvalue weighted by Gasteiger charge is -2.14. The number of ether oxygens (including phenoxy) is 1. The van der Waals surface area contributed by atoms with Crippen LogP contribution in [0.3, 0.4) is 0 Å². The highest BCUT2D eigenvalue weighted by atomic mass is 35.5. The summed E-state index contributed by atoms with van der Waals surface area (Å²) in [6.45, 7) is 0.605. The van der Waals surface area contributed by atoms with Crippen LogP contribution in [-0.2, 0) is 6.54 Å². The van der Waals surface area contributed by atoms with E-state index in [1.165, 1.54) is 0 Å². The number of nitrogens with one attached hydrogen (secondary N) is 1. The Bertz CT molecular complexity index is 587. The lowest BCUT2D eigenvalue weighted by molar-refractivity contribution is 0.460. The number of benzene rings is 1. The van der Waals surface area contributed by atoms with Crippen LogP contribution in [-0.4, -0.2) is 26.1 Å². The molecule has 0 fully saturated rings. The maximum absolute atomic E-state index is 6.08. The van der Waals surface area contributed by atoms with Gasteiger partial charge in [0.25, 0.3) is 0 Å². The zero-order chi connectivity index (χ0) is 14.5. The van der Waals surface area contributed by atoms with E-state index in [4.69, 9.17) is 16.3 Å². The average Bonchev–Trinajstić information content (AvgIpc) is 2.43. The lowest BCUT2D eigenvalue weighted by Crippen LogP contribution is -2.08. The second-order valence-corrected chi connectivity index (χ2v) is 5.01. The van der Waals surface area contributed by atoms with E-state index in [-0.39, 0.29) is 0 Å². The van der Waals surface area contributed by atoms with Crippen molar-refractivity contribution in [3.8, 4) is 11.6 Å². The number of anilines is 1. The van der Waals surface area contributed by atoms with Crippen molar-refractivity contribution < 1.29 is 4.74 Å². The summed E-state index contributed by atoms with van der Waals surface area (Å²) < 4.78 is 5.79. The number of nitrogens with zero attached hydrogens (tertiary/aromatic N) is 2. The monoisotopic (exact) mass is 291 g/mol. The molecule has 0 saturated heterocycles. The molecule has 5 heteroatoms. The molecule has 1 aromatic heterocycles. The molecule has 20 heavy (non-hydrogen) atoms. The van der Waals surface area contributed by atoms with E-state index < -0.39 is 0 Å². The molecule has 0 amide bonds. The summed E-state index contributed by atoms with van der Waals surface area (Å²) in [6.07, 6.45) is 0. The fraction of sp³-hybridized carbons (Fsp3) is 0.267. The molecule has 1 N–H and O–H groups in total. The molecule has 0 atom stereocenters. The minimum atomic E-state index is 0.538. The van der Waals surface area contributed by atoms with Crippen LogP contribution >= 0.6 is 11.6 Å². The molecule has 1 heterocycles. The van der Waals surface area contributed by atoms with Gasteiger partial charge in [-0.1, -0.05) is 17.7 Å². The fourth-order valence-corrected chi connectivity index (χ4v) is 1.93. The Kier molecular flexibility index (Phi) is 4.82. The molecule has 1 aromatic carbocycles. The van der Waals surface area contributed by atoms with Gasteiger partial charge in [-0.2, -0.15) is 0 Å². The van der Waals surface area contributed by atoms with E-state index in [9.17, 15) is 0 Å². The van der Waals surface area contributed by atoms with Crippen LogP contribution in [0.25, 0.3) is 0 Å². The van der Waals surface area contributed by atoms with Gasteiger partial charge < -0.3 is 15.0 Å². The Morgan fingerprint density at radius 2 is 2.05 bits per heavy atom. The third-order valence-corrected chi connectivity index (χ3v) is 3.14. The van der Waals surface area contributed by atoms with Crippen LogP contribution < -0.4 is 15.0 Å². The van der Waals surface area contributed by atoms with Gasteiger partial charge in [0.15, 0.2) is 0 Å². The molecule has 0 bridgehead atoms. The van der Waals surface area contributed by atoms with Crippen molar-refractivity contribution in [2.75, 3.05) is 26.0 Å². The van der Waals surface area contributed by atoms with Crippen molar-refractivity contribution in [1.82, 2.24) is 10.3 Å². The van der Waals surface area contributed by atoms with Gasteiger partial charge in [-0.15, -0.1) is 0 Å². The van der Waals surface area contributed by atoms with Crippen LogP contribution in [0.1, 0.15) is 5.69 Å². The Labute approximate surface area is 124 Å². The minimum Gasteiger partial charge on any atom is -0.439 e. The highest BCUT2D eigenvalue weighted by Gasteiger charge is 2.06. The fourth-order valence-electron chi connectivity index (χ4n) is 1.76. The van der Waals surface area contributed by atoms with Gasteiger partial charge in [0.1, 0.15) is 5.75 Å². The van der Waals surface area contributed by atoms with Gasteiger partial charge >= 0.3 is 0 Å². The highest BCUT2D eigenvalue weighted by Crippen LogP contribution is 2.25. The lowest BCUT2D eigenvalue weighted by atomic mass is 10.3. The largest absolute Gasteiger partial charge is 0.439 e. The number of rotatable bonds is 5. The molecule has 106 valence electrons. The standard InChI is InChI=1S/C15H18ClN3O/c1-17-10-14-13(16)7-8-15(18-14)20-12-6-4-5-11(9-12)19(2)3/h4-9,17H,10H2,1-3H3. The molecule has 0 saturated carbocycles. The zero-order valence-electron chi connectivity index (χ0n) is 11.9. The molecule has 0 aliphatic heterocycles. The Morgan fingerprint density at radius 3 is 2.75 bits per heavy atom. The van der Waals surface area contributed by atoms with Crippen molar-refractivity contribution in [2.24, 2.45) is 0 Å². The molecular formula is C15H18ClN3O. The number of halogens is 1. The third-order valence-electron chi connectivity index (χ3n) is 2.79. The van der Waals surface area contributed by atoms with Gasteiger partial charge in [-0.05, 0) is 25.2 Å². The van der Waals surface area contributed by atoms with Gasteiger partial charge in [0.2, 0.25) is 5.88 Å². The summed E-state index contributed by atoms with van der Waals surface area (Å²) in [4.78, 5) is 6.42. The van der Waals surface area contributed by atoms with E-state index in [0.29, 0.717) is 17.4 Å². The Balaban J connectivity index is 2.21. The summed E-state index contributed by atoms with van der Waals surface area (Å²) in [5, 5.41) is 3.66. The van der Waals surface area contributed by atoms with Crippen LogP contribution in [0.15, 0.2) is 36.4 Å². The van der Waals surface area contributed by atoms with Gasteiger partial charge in [-0.3, -0.25) is 0 Å². The van der Waals surface area contributed by atoms with Crippen molar-refractivity contribution in [3.05, 3.63) is 47.1 Å². The quantitative estimate of drug-likeness (QED) is 0.917. The molecule has 0 unspecified atom stereocenters. The summed E-state index contributed by atoms with van der Waals surface area (Å²) in [5.74, 6) is 1.29. The highest BCUT2D eigenvalue weighted by molar-refractivity contribution is 6.31. The molecule has 0 radical (unpaired) electrons. The first-order valence-electron chi connectivity index (χ1n) is 6.35. The first-order chi connectivity index (χ1) is 9.60. The molecule has 0 aliphatic carbocycles. The normalized spacial score (nSPS) is 10.4. The van der Waals surface area contributed by atoms with Crippen molar-refractivity contribution in [3.63, 3.8) is 0 Å². The van der Waals surface area contributed by atoms with Gasteiger partial charge in [0.05, 0.1) is 10.7 Å². The summed E-state index contributed by atoms with van der Waals surface area (Å²) in [6, 6.07) is 11.4. The maximum Gasteiger partial charge on any atom is 0.219 e. The van der Waals surface area contributed by atoms with E-state index in [1.54, 1.807) is 12.1 Å². The Morgan fingerprint density at radius 1 is 1.25 bits per heavy atom. The van der Waals surface area contributed by atoms with Crippen LogP contribution in [0.4, 0.5) is 5.69 Å². The summed E-state index contributed by atoms with van der Waals surface area (Å²) in [7, 11) is 5.83. The first-order valence-corrected chi connectivity index (χ1v) is 6.73. The second-order valence-electron chi connectivity index (χ2n) is 4.60. The number of aromatic nitrogens is 1. The summed E-state index contributed by atoms with van der Waals surface area (Å²) >= 11 is 6.08. The van der Waals surface area contributed by atoms with Crippen LogP contribution in [0.2, 0.25) is 5.02 Å². The predicted octanol–water partition coefficient (Wildman–Crippen LogP) is 3.31. The minimum absolute atomic E-state index is 0.538. The van der Waals surface area contributed by atoms with E-state index in [1.807, 2.05) is 50.3 Å². The topological polar surface area (TPSA) is 37.4 Å². The van der Waals surface area contributed by atoms with Crippen molar-refractivity contribution in [1.29, 1.82) is 0 Å². The van der Waals surface area contributed by atoms with Crippen LogP contribution in [0, 0.1) is 0 Å². The second kappa shape index (κ2) is 6.59.